The van der Waals surface area contributed by atoms with Crippen LogP contribution < -0.4 is 16.0 Å². The van der Waals surface area contributed by atoms with Crippen LogP contribution in [0.3, 0.4) is 0 Å². The van der Waals surface area contributed by atoms with Gasteiger partial charge in [0.2, 0.25) is 5.91 Å². The second kappa shape index (κ2) is 8.78. The Kier molecular flexibility index (Phi) is 6.20. The topological polar surface area (TPSA) is 83.1 Å². The molecule has 1 atom stereocenters. The van der Waals surface area contributed by atoms with Gasteiger partial charge in [-0.15, -0.1) is 0 Å². The minimum absolute atomic E-state index is 0.0412. The minimum atomic E-state index is -0.324. The first-order valence-electron chi connectivity index (χ1n) is 8.63. The van der Waals surface area contributed by atoms with Gasteiger partial charge in [0.05, 0.1) is 22.5 Å². The Balaban J connectivity index is 1.56. The summed E-state index contributed by atoms with van der Waals surface area (Å²) in [7, 11) is 0. The maximum atomic E-state index is 12.3. The summed E-state index contributed by atoms with van der Waals surface area (Å²) in [5.74, 6) is 0.207. The second-order valence-electron chi connectivity index (χ2n) is 6.34. The van der Waals surface area contributed by atoms with Crippen LogP contribution in [0.1, 0.15) is 29.6 Å². The number of rotatable bonds is 6. The number of nitrogens with one attached hydrogen (secondary N) is 3. The van der Waals surface area contributed by atoms with Gasteiger partial charge in [-0.25, -0.2) is 0 Å². The molecule has 7 heteroatoms. The molecule has 3 rings (SSSR count). The van der Waals surface area contributed by atoms with Crippen LogP contribution in [0.5, 0.6) is 0 Å². The molecule has 1 aromatic carbocycles. The fourth-order valence-electron chi connectivity index (χ4n) is 2.93. The monoisotopic (exact) mass is 372 g/mol. The predicted molar refractivity (Wildman–Crippen MR) is 102 cm³/mol. The summed E-state index contributed by atoms with van der Waals surface area (Å²) >= 11 is 6.22. The lowest BCUT2D eigenvalue weighted by atomic mass is 10.0. The van der Waals surface area contributed by atoms with Gasteiger partial charge in [0.25, 0.3) is 5.91 Å². The maximum absolute atomic E-state index is 12.3. The van der Waals surface area contributed by atoms with Gasteiger partial charge in [0.1, 0.15) is 0 Å². The van der Waals surface area contributed by atoms with E-state index in [-0.39, 0.29) is 16.8 Å². The summed E-state index contributed by atoms with van der Waals surface area (Å²) in [6.45, 7) is 2.02. The normalized spacial score (nSPS) is 16.3. The highest BCUT2D eigenvalue weighted by Gasteiger charge is 2.16. The van der Waals surface area contributed by atoms with Crippen molar-refractivity contribution >= 4 is 34.8 Å². The molecule has 2 heterocycles. The molecule has 1 fully saturated rings. The van der Waals surface area contributed by atoms with Crippen molar-refractivity contribution in [3.63, 3.8) is 0 Å². The van der Waals surface area contributed by atoms with E-state index >= 15 is 0 Å². The summed E-state index contributed by atoms with van der Waals surface area (Å²) in [5, 5.41) is 9.15. The summed E-state index contributed by atoms with van der Waals surface area (Å²) in [6.07, 6.45) is 5.66. The zero-order valence-electron chi connectivity index (χ0n) is 14.3. The number of aromatic nitrogens is 1. The number of pyridine rings is 1. The number of carbonyl (C=O) groups is 2. The van der Waals surface area contributed by atoms with Gasteiger partial charge in [-0.2, -0.15) is 0 Å². The Bertz CT molecular complexity index is 776. The SMILES string of the molecule is O=C(CCC1CCNC1)Nc1ccc(C(=O)Nc2cccnc2)c(Cl)c1. The highest BCUT2D eigenvalue weighted by Crippen LogP contribution is 2.23. The average Bonchev–Trinajstić information content (AvgIpc) is 3.14. The van der Waals surface area contributed by atoms with E-state index in [0.29, 0.717) is 29.3 Å². The highest BCUT2D eigenvalue weighted by atomic mass is 35.5. The van der Waals surface area contributed by atoms with Crippen molar-refractivity contribution in [1.82, 2.24) is 10.3 Å². The van der Waals surface area contributed by atoms with Crippen LogP contribution in [0.25, 0.3) is 0 Å². The quantitative estimate of drug-likeness (QED) is 0.726. The van der Waals surface area contributed by atoms with Gasteiger partial charge in [-0.05, 0) is 62.2 Å². The summed E-state index contributed by atoms with van der Waals surface area (Å²) in [5.41, 5.74) is 1.51. The third-order valence-corrected chi connectivity index (χ3v) is 4.67. The van der Waals surface area contributed by atoms with Crippen molar-refractivity contribution in [2.24, 2.45) is 5.92 Å². The molecule has 0 saturated carbocycles. The molecule has 6 nitrogen and oxygen atoms in total. The molecule has 0 spiro atoms. The van der Waals surface area contributed by atoms with Crippen molar-refractivity contribution in [2.75, 3.05) is 23.7 Å². The molecule has 2 aromatic rings. The van der Waals surface area contributed by atoms with Crippen LogP contribution >= 0.6 is 11.6 Å². The van der Waals surface area contributed by atoms with Crippen LogP contribution in [0.4, 0.5) is 11.4 Å². The molecule has 136 valence electrons. The van der Waals surface area contributed by atoms with Gasteiger partial charge in [-0.3, -0.25) is 14.6 Å². The summed E-state index contributed by atoms with van der Waals surface area (Å²) in [4.78, 5) is 28.3. The van der Waals surface area contributed by atoms with Gasteiger partial charge in [0, 0.05) is 18.3 Å². The van der Waals surface area contributed by atoms with E-state index in [1.807, 2.05) is 0 Å². The Labute approximate surface area is 157 Å². The average molecular weight is 373 g/mol. The Morgan fingerprint density at radius 1 is 1.23 bits per heavy atom. The first-order valence-corrected chi connectivity index (χ1v) is 9.01. The van der Waals surface area contributed by atoms with Crippen molar-refractivity contribution in [3.8, 4) is 0 Å². The standard InChI is InChI=1S/C19H21ClN4O2/c20-17-10-14(23-18(25)6-3-13-7-9-22-11-13)4-5-16(17)19(26)24-15-2-1-8-21-12-15/h1-2,4-5,8,10,12-13,22H,3,6-7,9,11H2,(H,23,25)(H,24,26). The third-order valence-electron chi connectivity index (χ3n) is 4.36. The first kappa shape index (κ1) is 18.4. The lowest BCUT2D eigenvalue weighted by Gasteiger charge is -2.11. The van der Waals surface area contributed by atoms with Gasteiger partial charge in [-0.1, -0.05) is 11.6 Å². The highest BCUT2D eigenvalue weighted by molar-refractivity contribution is 6.34. The summed E-state index contributed by atoms with van der Waals surface area (Å²) in [6, 6.07) is 8.35. The Morgan fingerprint density at radius 3 is 2.81 bits per heavy atom. The molecule has 1 aliphatic rings. The number of halogens is 1. The van der Waals surface area contributed by atoms with E-state index in [9.17, 15) is 9.59 Å². The van der Waals surface area contributed by atoms with Crippen LogP contribution in [0.15, 0.2) is 42.7 Å². The molecular weight excluding hydrogens is 352 g/mol. The van der Waals surface area contributed by atoms with Crippen molar-refractivity contribution < 1.29 is 9.59 Å². The zero-order valence-corrected chi connectivity index (χ0v) is 15.1. The van der Waals surface area contributed by atoms with Crippen molar-refractivity contribution in [1.29, 1.82) is 0 Å². The number of hydrogen-bond donors (Lipinski definition) is 3. The van der Waals surface area contributed by atoms with E-state index in [4.69, 9.17) is 11.6 Å². The molecule has 1 aromatic heterocycles. The smallest absolute Gasteiger partial charge is 0.257 e. The maximum Gasteiger partial charge on any atom is 0.257 e. The summed E-state index contributed by atoms with van der Waals surface area (Å²) < 4.78 is 0. The lowest BCUT2D eigenvalue weighted by Crippen LogP contribution is -2.16. The number of anilines is 2. The fourth-order valence-corrected chi connectivity index (χ4v) is 3.20. The first-order chi connectivity index (χ1) is 12.6. The number of nitrogens with zero attached hydrogens (tertiary/aromatic N) is 1. The lowest BCUT2D eigenvalue weighted by molar-refractivity contribution is -0.116. The molecule has 1 aliphatic heterocycles. The largest absolute Gasteiger partial charge is 0.326 e. The number of benzene rings is 1. The molecule has 0 bridgehead atoms. The Hall–Kier alpha value is -2.44. The van der Waals surface area contributed by atoms with Crippen LogP contribution in [0, 0.1) is 5.92 Å². The zero-order chi connectivity index (χ0) is 18.4. The van der Waals surface area contributed by atoms with Gasteiger partial charge < -0.3 is 16.0 Å². The van der Waals surface area contributed by atoms with E-state index in [2.05, 4.69) is 20.9 Å². The van der Waals surface area contributed by atoms with Crippen molar-refractivity contribution in [3.05, 3.63) is 53.3 Å². The molecule has 1 saturated heterocycles. The van der Waals surface area contributed by atoms with E-state index < -0.39 is 0 Å². The minimum Gasteiger partial charge on any atom is -0.326 e. The van der Waals surface area contributed by atoms with Crippen LogP contribution in [-0.2, 0) is 4.79 Å². The fraction of sp³-hybridized carbons (Fsp3) is 0.316. The van der Waals surface area contributed by atoms with Gasteiger partial charge >= 0.3 is 0 Å². The molecule has 26 heavy (non-hydrogen) atoms. The molecule has 1 unspecified atom stereocenters. The van der Waals surface area contributed by atoms with Crippen molar-refractivity contribution in [2.45, 2.75) is 19.3 Å². The van der Waals surface area contributed by atoms with Crippen LogP contribution in [-0.4, -0.2) is 29.9 Å². The van der Waals surface area contributed by atoms with Crippen LogP contribution in [0.2, 0.25) is 5.02 Å². The van der Waals surface area contributed by atoms with Gasteiger partial charge in [0.15, 0.2) is 0 Å². The third kappa shape index (κ3) is 5.03. The molecule has 2 amide bonds. The molecular formula is C19H21ClN4O2. The van der Waals surface area contributed by atoms with E-state index in [1.54, 1.807) is 42.7 Å². The number of hydrogen-bond acceptors (Lipinski definition) is 4. The van der Waals surface area contributed by atoms with E-state index in [0.717, 1.165) is 25.9 Å². The number of carbonyl (C=O) groups excluding carboxylic acids is 2. The molecule has 0 radical (unpaired) electrons. The second-order valence-corrected chi connectivity index (χ2v) is 6.74. The molecule has 3 N–H and O–H groups in total. The predicted octanol–water partition coefficient (Wildman–Crippen LogP) is 3.32. The molecule has 0 aliphatic carbocycles. The Morgan fingerprint density at radius 2 is 2.12 bits per heavy atom. The van der Waals surface area contributed by atoms with E-state index in [1.165, 1.54) is 0 Å². The number of amides is 2.